The van der Waals surface area contributed by atoms with Gasteiger partial charge in [-0.15, -0.1) is 0 Å². The number of β-amino-alcohol motifs (C(OH)–C–C–N with tert-alkyl or cyclic N) is 1. The molecule has 0 bridgehead atoms. The van der Waals surface area contributed by atoms with Crippen LogP contribution in [-0.2, 0) is 10.7 Å². The number of halogens is 3. The molecular formula is C20H29F3N2O3. The highest BCUT2D eigenvalue weighted by atomic mass is 19.3. The number of hydrogen-bond donors (Lipinski definition) is 1. The van der Waals surface area contributed by atoms with E-state index >= 15 is 0 Å². The first-order chi connectivity index (χ1) is 12.8. The van der Waals surface area contributed by atoms with Gasteiger partial charge >= 0.3 is 6.09 Å². The number of amides is 1. The molecule has 1 aliphatic heterocycles. The first kappa shape index (κ1) is 22.5. The van der Waals surface area contributed by atoms with Gasteiger partial charge in [-0.05, 0) is 45.4 Å². The zero-order chi connectivity index (χ0) is 21.3. The van der Waals surface area contributed by atoms with E-state index < -0.39 is 29.0 Å². The highest BCUT2D eigenvalue weighted by molar-refractivity contribution is 5.68. The molecule has 0 saturated carbocycles. The zero-order valence-electron chi connectivity index (χ0n) is 17.0. The standard InChI is InChI=1S/C20H29F3N2O3/c1-13-11-24(8-9-25(13)18(27)28-19(2,3)4)12-17(26)14-6-7-15(16(21)10-14)20(5,22)23/h6-7,10,13,17,26H,8-9,11-12H2,1-5H3/t13-,17?/m1/s1. The molecule has 0 spiro atoms. The van der Waals surface area contributed by atoms with Crippen molar-refractivity contribution in [2.75, 3.05) is 26.2 Å². The van der Waals surface area contributed by atoms with Crippen LogP contribution in [0, 0.1) is 5.82 Å². The molecule has 0 radical (unpaired) electrons. The lowest BCUT2D eigenvalue weighted by atomic mass is 10.0. The summed E-state index contributed by atoms with van der Waals surface area (Å²) >= 11 is 0. The van der Waals surface area contributed by atoms with Gasteiger partial charge in [0.2, 0.25) is 0 Å². The highest BCUT2D eigenvalue weighted by Gasteiger charge is 2.32. The summed E-state index contributed by atoms with van der Waals surface area (Å²) in [5.74, 6) is -4.31. The van der Waals surface area contributed by atoms with Gasteiger partial charge in [0.05, 0.1) is 11.7 Å². The maximum absolute atomic E-state index is 14.0. The fraction of sp³-hybridized carbons (Fsp3) is 0.650. The van der Waals surface area contributed by atoms with Gasteiger partial charge in [-0.3, -0.25) is 4.90 Å². The molecule has 1 fully saturated rings. The molecule has 1 unspecified atom stereocenters. The van der Waals surface area contributed by atoms with Crippen LogP contribution in [0.3, 0.4) is 0 Å². The van der Waals surface area contributed by atoms with Gasteiger partial charge in [-0.2, -0.15) is 0 Å². The van der Waals surface area contributed by atoms with E-state index in [0.717, 1.165) is 12.1 Å². The van der Waals surface area contributed by atoms with E-state index in [1.54, 1.807) is 25.7 Å². The Balaban J connectivity index is 1.97. The number of carbonyl (C=O) groups excluding carboxylic acids is 1. The predicted molar refractivity (Wildman–Crippen MR) is 99.8 cm³/mol. The normalized spacial score (nSPS) is 20.2. The highest BCUT2D eigenvalue weighted by Crippen LogP contribution is 2.31. The second kappa shape index (κ2) is 8.29. The van der Waals surface area contributed by atoms with Gasteiger partial charge in [-0.25, -0.2) is 18.0 Å². The summed E-state index contributed by atoms with van der Waals surface area (Å²) in [4.78, 5) is 15.9. The number of benzene rings is 1. The van der Waals surface area contributed by atoms with Crippen LogP contribution in [-0.4, -0.2) is 58.8 Å². The van der Waals surface area contributed by atoms with E-state index in [4.69, 9.17) is 4.74 Å². The fourth-order valence-electron chi connectivity index (χ4n) is 3.24. The summed E-state index contributed by atoms with van der Waals surface area (Å²) in [6, 6.07) is 3.17. The lowest BCUT2D eigenvalue weighted by Gasteiger charge is -2.40. The molecule has 1 aliphatic rings. The lowest BCUT2D eigenvalue weighted by Crippen LogP contribution is -2.55. The predicted octanol–water partition coefficient (Wildman–Crippen LogP) is 3.91. The topological polar surface area (TPSA) is 53.0 Å². The zero-order valence-corrected chi connectivity index (χ0v) is 17.0. The molecule has 28 heavy (non-hydrogen) atoms. The molecule has 0 aliphatic carbocycles. The average molecular weight is 402 g/mol. The van der Waals surface area contributed by atoms with Gasteiger partial charge < -0.3 is 14.7 Å². The lowest BCUT2D eigenvalue weighted by molar-refractivity contribution is -0.00443. The van der Waals surface area contributed by atoms with Crippen molar-refractivity contribution in [3.05, 3.63) is 35.1 Å². The summed E-state index contributed by atoms with van der Waals surface area (Å²) in [6.45, 7) is 9.64. The van der Waals surface area contributed by atoms with Crippen LogP contribution in [0.5, 0.6) is 0 Å². The number of piperazine rings is 1. The molecule has 0 aromatic heterocycles. The fourth-order valence-corrected chi connectivity index (χ4v) is 3.24. The summed E-state index contributed by atoms with van der Waals surface area (Å²) in [5, 5.41) is 10.4. The van der Waals surface area contributed by atoms with Crippen LogP contribution < -0.4 is 0 Å². The van der Waals surface area contributed by atoms with E-state index in [0.29, 0.717) is 26.6 Å². The Kier molecular flexibility index (Phi) is 6.66. The number of rotatable bonds is 4. The number of nitrogens with zero attached hydrogens (tertiary/aromatic N) is 2. The van der Waals surface area contributed by atoms with Crippen molar-refractivity contribution >= 4 is 6.09 Å². The minimum atomic E-state index is -3.28. The molecule has 1 N–H and O–H groups in total. The van der Waals surface area contributed by atoms with E-state index in [2.05, 4.69) is 0 Å². The molecule has 8 heteroatoms. The van der Waals surface area contributed by atoms with Crippen molar-refractivity contribution in [1.82, 2.24) is 9.80 Å². The van der Waals surface area contributed by atoms with E-state index in [1.807, 2.05) is 11.8 Å². The number of ether oxygens (including phenoxy) is 1. The summed E-state index contributed by atoms with van der Waals surface area (Å²) in [7, 11) is 0. The second-order valence-electron chi connectivity index (χ2n) is 8.43. The maximum Gasteiger partial charge on any atom is 0.410 e. The first-order valence-electron chi connectivity index (χ1n) is 9.35. The maximum atomic E-state index is 14.0. The first-order valence-corrected chi connectivity index (χ1v) is 9.35. The molecular weight excluding hydrogens is 373 g/mol. The number of aliphatic hydroxyl groups is 1. The monoisotopic (exact) mass is 402 g/mol. The van der Waals surface area contributed by atoms with Crippen molar-refractivity contribution < 1.29 is 27.8 Å². The Morgan fingerprint density at radius 2 is 1.93 bits per heavy atom. The van der Waals surface area contributed by atoms with Crippen LogP contribution in [0.4, 0.5) is 18.0 Å². The van der Waals surface area contributed by atoms with Gasteiger partial charge in [-0.1, -0.05) is 6.07 Å². The average Bonchev–Trinajstić information content (AvgIpc) is 2.51. The minimum absolute atomic E-state index is 0.117. The molecule has 5 nitrogen and oxygen atoms in total. The van der Waals surface area contributed by atoms with Gasteiger partial charge in [0.25, 0.3) is 5.92 Å². The summed E-state index contributed by atoms with van der Waals surface area (Å²) < 4.78 is 46.0. The van der Waals surface area contributed by atoms with E-state index in [1.165, 1.54) is 6.07 Å². The van der Waals surface area contributed by atoms with Crippen molar-refractivity contribution in [1.29, 1.82) is 0 Å². The number of alkyl halides is 2. The second-order valence-corrected chi connectivity index (χ2v) is 8.43. The number of hydrogen-bond acceptors (Lipinski definition) is 4. The van der Waals surface area contributed by atoms with Crippen LogP contribution in [0.25, 0.3) is 0 Å². The van der Waals surface area contributed by atoms with Crippen molar-refractivity contribution in [3.63, 3.8) is 0 Å². The molecule has 1 heterocycles. The summed E-state index contributed by atoms with van der Waals surface area (Å²) in [5.41, 5.74) is -1.02. The quantitative estimate of drug-likeness (QED) is 0.830. The van der Waals surface area contributed by atoms with Crippen LogP contribution >= 0.6 is 0 Å². The van der Waals surface area contributed by atoms with Crippen molar-refractivity contribution in [2.45, 2.75) is 58.3 Å². The van der Waals surface area contributed by atoms with Crippen LogP contribution in [0.2, 0.25) is 0 Å². The van der Waals surface area contributed by atoms with E-state index in [9.17, 15) is 23.1 Å². The molecule has 2 atom stereocenters. The van der Waals surface area contributed by atoms with Crippen LogP contribution in [0.15, 0.2) is 18.2 Å². The third-order valence-electron chi connectivity index (χ3n) is 4.62. The van der Waals surface area contributed by atoms with Crippen LogP contribution in [0.1, 0.15) is 51.8 Å². The molecule has 1 saturated heterocycles. The Hall–Kier alpha value is -1.80. The smallest absolute Gasteiger partial charge is 0.410 e. The third-order valence-corrected chi connectivity index (χ3v) is 4.62. The van der Waals surface area contributed by atoms with Crippen molar-refractivity contribution in [3.8, 4) is 0 Å². The van der Waals surface area contributed by atoms with Gasteiger partial charge in [0, 0.05) is 39.1 Å². The summed E-state index contributed by atoms with van der Waals surface area (Å²) in [6.07, 6.45) is -1.40. The van der Waals surface area contributed by atoms with Gasteiger partial charge in [0.15, 0.2) is 0 Å². The van der Waals surface area contributed by atoms with Crippen molar-refractivity contribution in [2.24, 2.45) is 0 Å². The Labute approximate surface area is 164 Å². The molecule has 158 valence electrons. The molecule has 1 aromatic carbocycles. The minimum Gasteiger partial charge on any atom is -0.444 e. The SMILES string of the molecule is C[C@@H]1CN(CC(O)c2ccc(C(C)(F)F)c(F)c2)CCN1C(=O)OC(C)(C)C. The molecule has 2 rings (SSSR count). The Morgan fingerprint density at radius 1 is 1.29 bits per heavy atom. The van der Waals surface area contributed by atoms with Gasteiger partial charge in [0.1, 0.15) is 11.4 Å². The number of aliphatic hydroxyl groups excluding tert-OH is 1. The molecule has 1 amide bonds. The van der Waals surface area contributed by atoms with E-state index in [-0.39, 0.29) is 24.2 Å². The molecule has 1 aromatic rings. The number of carbonyl (C=O) groups is 1. The Bertz CT molecular complexity index is 701. The largest absolute Gasteiger partial charge is 0.444 e. The Morgan fingerprint density at radius 3 is 2.43 bits per heavy atom. The third kappa shape index (κ3) is 5.85.